The van der Waals surface area contributed by atoms with Crippen molar-refractivity contribution >= 4 is 5.97 Å². The first-order chi connectivity index (χ1) is 8.76. The minimum absolute atomic E-state index is 0.190. The SMILES string of the molecule is C=CC(C(=O)OC)N1CCC(N2CCCCC2)C1. The van der Waals surface area contributed by atoms with Crippen molar-refractivity contribution in [3.05, 3.63) is 12.7 Å². The number of rotatable bonds is 4. The van der Waals surface area contributed by atoms with Gasteiger partial charge in [0.25, 0.3) is 0 Å². The lowest BCUT2D eigenvalue weighted by molar-refractivity contribution is -0.144. The van der Waals surface area contributed by atoms with Gasteiger partial charge in [0.05, 0.1) is 7.11 Å². The molecule has 0 aromatic heterocycles. The van der Waals surface area contributed by atoms with Gasteiger partial charge in [0.1, 0.15) is 6.04 Å². The molecule has 0 spiro atoms. The molecule has 2 heterocycles. The number of piperidine rings is 1. The fourth-order valence-electron chi connectivity index (χ4n) is 3.12. The Kier molecular flexibility index (Phi) is 4.78. The highest BCUT2D eigenvalue weighted by atomic mass is 16.5. The van der Waals surface area contributed by atoms with Crippen LogP contribution in [0.3, 0.4) is 0 Å². The van der Waals surface area contributed by atoms with E-state index in [0.29, 0.717) is 6.04 Å². The Labute approximate surface area is 110 Å². The first-order valence-corrected chi connectivity index (χ1v) is 6.94. The fourth-order valence-corrected chi connectivity index (χ4v) is 3.12. The second-order valence-electron chi connectivity index (χ2n) is 5.24. The van der Waals surface area contributed by atoms with Gasteiger partial charge >= 0.3 is 5.97 Å². The van der Waals surface area contributed by atoms with Gasteiger partial charge < -0.3 is 4.74 Å². The zero-order chi connectivity index (χ0) is 13.0. The summed E-state index contributed by atoms with van der Waals surface area (Å²) in [5.41, 5.74) is 0. The van der Waals surface area contributed by atoms with E-state index in [0.717, 1.165) is 19.5 Å². The third kappa shape index (κ3) is 2.93. The Morgan fingerprint density at radius 2 is 2.06 bits per heavy atom. The Balaban J connectivity index is 1.90. The first-order valence-electron chi connectivity index (χ1n) is 6.94. The quantitative estimate of drug-likeness (QED) is 0.557. The molecule has 2 atom stereocenters. The molecule has 18 heavy (non-hydrogen) atoms. The Morgan fingerprint density at radius 1 is 1.33 bits per heavy atom. The van der Waals surface area contributed by atoms with Crippen molar-refractivity contribution < 1.29 is 9.53 Å². The van der Waals surface area contributed by atoms with Crippen LogP contribution in [-0.2, 0) is 9.53 Å². The number of esters is 1. The third-order valence-corrected chi connectivity index (χ3v) is 4.16. The molecule has 2 aliphatic rings. The van der Waals surface area contributed by atoms with Gasteiger partial charge in [-0.25, -0.2) is 0 Å². The highest BCUT2D eigenvalue weighted by Gasteiger charge is 2.34. The van der Waals surface area contributed by atoms with Crippen LogP contribution in [0, 0.1) is 0 Å². The van der Waals surface area contributed by atoms with Gasteiger partial charge in [-0.2, -0.15) is 0 Å². The molecule has 4 nitrogen and oxygen atoms in total. The van der Waals surface area contributed by atoms with Crippen molar-refractivity contribution in [3.8, 4) is 0 Å². The molecule has 0 N–H and O–H groups in total. The summed E-state index contributed by atoms with van der Waals surface area (Å²) in [7, 11) is 1.44. The van der Waals surface area contributed by atoms with Crippen molar-refractivity contribution in [2.45, 2.75) is 37.8 Å². The van der Waals surface area contributed by atoms with E-state index in [4.69, 9.17) is 4.74 Å². The Bertz CT molecular complexity index is 300. The van der Waals surface area contributed by atoms with Crippen molar-refractivity contribution in [1.82, 2.24) is 9.80 Å². The molecular formula is C14H24N2O2. The van der Waals surface area contributed by atoms with Crippen molar-refractivity contribution in [2.75, 3.05) is 33.3 Å². The van der Waals surface area contributed by atoms with E-state index in [2.05, 4.69) is 16.4 Å². The predicted molar refractivity (Wildman–Crippen MR) is 71.4 cm³/mol. The summed E-state index contributed by atoms with van der Waals surface area (Å²) in [6.45, 7) is 8.12. The fraction of sp³-hybridized carbons (Fsp3) is 0.786. The number of hydrogen-bond acceptors (Lipinski definition) is 4. The van der Waals surface area contributed by atoms with Gasteiger partial charge in [0, 0.05) is 19.1 Å². The van der Waals surface area contributed by atoms with E-state index >= 15 is 0 Å². The summed E-state index contributed by atoms with van der Waals surface area (Å²) in [4.78, 5) is 16.4. The monoisotopic (exact) mass is 252 g/mol. The minimum atomic E-state index is -0.273. The maximum absolute atomic E-state index is 11.7. The lowest BCUT2D eigenvalue weighted by Crippen LogP contribution is -2.44. The first kappa shape index (κ1) is 13.6. The molecule has 0 aliphatic carbocycles. The van der Waals surface area contributed by atoms with Gasteiger partial charge in [-0.15, -0.1) is 6.58 Å². The maximum Gasteiger partial charge on any atom is 0.327 e. The van der Waals surface area contributed by atoms with Crippen LogP contribution in [0.4, 0.5) is 0 Å². The number of ether oxygens (including phenoxy) is 1. The van der Waals surface area contributed by atoms with Crippen LogP contribution >= 0.6 is 0 Å². The molecule has 0 radical (unpaired) electrons. The summed E-state index contributed by atoms with van der Waals surface area (Å²) in [6, 6.07) is 0.335. The largest absolute Gasteiger partial charge is 0.468 e. The van der Waals surface area contributed by atoms with E-state index < -0.39 is 0 Å². The Hall–Kier alpha value is -0.870. The van der Waals surface area contributed by atoms with Crippen LogP contribution in [0.25, 0.3) is 0 Å². The molecule has 2 aliphatic heterocycles. The van der Waals surface area contributed by atoms with Gasteiger partial charge in [-0.1, -0.05) is 12.5 Å². The second kappa shape index (κ2) is 6.34. The summed E-state index contributed by atoms with van der Waals surface area (Å²) >= 11 is 0. The molecule has 2 saturated heterocycles. The van der Waals surface area contributed by atoms with E-state index in [-0.39, 0.29) is 12.0 Å². The summed E-state index contributed by atoms with van der Waals surface area (Å²) in [6.07, 6.45) is 6.85. The molecule has 2 fully saturated rings. The van der Waals surface area contributed by atoms with Crippen molar-refractivity contribution in [2.24, 2.45) is 0 Å². The van der Waals surface area contributed by atoms with Crippen LogP contribution in [0.5, 0.6) is 0 Å². The molecule has 0 amide bonds. The van der Waals surface area contributed by atoms with Crippen LogP contribution in [0.15, 0.2) is 12.7 Å². The highest BCUT2D eigenvalue weighted by Crippen LogP contribution is 2.22. The van der Waals surface area contributed by atoms with Crippen LogP contribution in [0.2, 0.25) is 0 Å². The van der Waals surface area contributed by atoms with Crippen LogP contribution < -0.4 is 0 Å². The van der Waals surface area contributed by atoms with Crippen molar-refractivity contribution in [1.29, 1.82) is 0 Å². The lowest BCUT2D eigenvalue weighted by atomic mass is 10.1. The molecule has 102 valence electrons. The molecule has 2 rings (SSSR count). The summed E-state index contributed by atoms with van der Waals surface area (Å²) in [5.74, 6) is -0.190. The molecule has 2 unspecified atom stereocenters. The smallest absolute Gasteiger partial charge is 0.327 e. The topological polar surface area (TPSA) is 32.8 Å². The number of likely N-dealkylation sites (tertiary alicyclic amines) is 2. The number of carbonyl (C=O) groups excluding carboxylic acids is 1. The van der Waals surface area contributed by atoms with Crippen molar-refractivity contribution in [3.63, 3.8) is 0 Å². The van der Waals surface area contributed by atoms with E-state index in [1.165, 1.54) is 39.5 Å². The van der Waals surface area contributed by atoms with Gasteiger partial charge in [0.2, 0.25) is 0 Å². The number of carbonyl (C=O) groups is 1. The van der Waals surface area contributed by atoms with Crippen LogP contribution in [0.1, 0.15) is 25.7 Å². The van der Waals surface area contributed by atoms with Gasteiger partial charge in [0.15, 0.2) is 0 Å². The van der Waals surface area contributed by atoms with Gasteiger partial charge in [-0.3, -0.25) is 14.6 Å². The van der Waals surface area contributed by atoms with E-state index in [1.807, 2.05) is 0 Å². The third-order valence-electron chi connectivity index (χ3n) is 4.16. The average molecular weight is 252 g/mol. The molecule has 0 bridgehead atoms. The molecule has 0 aromatic carbocycles. The number of methoxy groups -OCH3 is 1. The van der Waals surface area contributed by atoms with E-state index in [1.54, 1.807) is 6.08 Å². The standard InChI is InChI=1S/C14H24N2O2/c1-3-13(14(17)18-2)16-10-7-12(11-16)15-8-5-4-6-9-15/h3,12-13H,1,4-11H2,2H3. The molecule has 0 aromatic rings. The van der Waals surface area contributed by atoms with Crippen LogP contribution in [-0.4, -0.2) is 61.1 Å². The van der Waals surface area contributed by atoms with E-state index in [9.17, 15) is 4.79 Å². The van der Waals surface area contributed by atoms with Gasteiger partial charge in [-0.05, 0) is 32.4 Å². The lowest BCUT2D eigenvalue weighted by Gasteiger charge is -2.32. The summed E-state index contributed by atoms with van der Waals surface area (Å²) < 4.78 is 4.83. The molecular weight excluding hydrogens is 228 g/mol. The second-order valence-corrected chi connectivity index (χ2v) is 5.24. The minimum Gasteiger partial charge on any atom is -0.468 e. The average Bonchev–Trinajstić information content (AvgIpc) is 2.90. The normalized spacial score (nSPS) is 27.9. The zero-order valence-corrected chi connectivity index (χ0v) is 11.3. The highest BCUT2D eigenvalue weighted by molar-refractivity contribution is 5.77. The number of nitrogens with zero attached hydrogens (tertiary/aromatic N) is 2. The summed E-state index contributed by atoms with van der Waals surface area (Å²) in [5, 5.41) is 0. The Morgan fingerprint density at radius 3 is 2.67 bits per heavy atom. The zero-order valence-electron chi connectivity index (χ0n) is 11.3. The predicted octanol–water partition coefficient (Wildman–Crippen LogP) is 1.27. The maximum atomic E-state index is 11.7. The molecule has 0 saturated carbocycles. The molecule has 4 heteroatoms. The number of hydrogen-bond donors (Lipinski definition) is 0.